The molecule has 3 heteroatoms. The summed E-state index contributed by atoms with van der Waals surface area (Å²) < 4.78 is 2.36. The minimum Gasteiger partial charge on any atom is -0.309 e. The molecule has 0 saturated carbocycles. The Labute approximate surface area is 298 Å². The van der Waals surface area contributed by atoms with Gasteiger partial charge in [0.1, 0.15) is 0 Å². The number of benzene rings is 7. The molecule has 0 bridgehead atoms. The van der Waals surface area contributed by atoms with Gasteiger partial charge in [0.2, 0.25) is 0 Å². The highest BCUT2D eigenvalue weighted by molar-refractivity contribution is 6.10. The Morgan fingerprint density at radius 3 is 1.63 bits per heavy atom. The van der Waals surface area contributed by atoms with Crippen LogP contribution in [-0.2, 0) is 0 Å². The zero-order valence-corrected chi connectivity index (χ0v) is 28.6. The molecule has 0 amide bonds. The van der Waals surface area contributed by atoms with Crippen LogP contribution in [0.2, 0.25) is 0 Å². The van der Waals surface area contributed by atoms with Crippen molar-refractivity contribution >= 4 is 21.8 Å². The summed E-state index contributed by atoms with van der Waals surface area (Å²) in [5.74, 6) is 0.705. The van der Waals surface area contributed by atoms with E-state index in [4.69, 9.17) is 9.97 Å². The third-order valence-corrected chi connectivity index (χ3v) is 9.93. The molecule has 242 valence electrons. The summed E-state index contributed by atoms with van der Waals surface area (Å²) in [4.78, 5) is 10.1. The van der Waals surface area contributed by atoms with Gasteiger partial charge in [0.25, 0.3) is 0 Å². The molecule has 0 aliphatic rings. The molecule has 2 heterocycles. The maximum Gasteiger partial charge on any atom is 0.160 e. The minimum atomic E-state index is 0.705. The Balaban J connectivity index is 1.13. The molecule has 2 aromatic heterocycles. The number of fused-ring (bicyclic) bond motifs is 3. The van der Waals surface area contributed by atoms with Gasteiger partial charge >= 0.3 is 0 Å². The van der Waals surface area contributed by atoms with E-state index in [0.29, 0.717) is 5.82 Å². The lowest BCUT2D eigenvalue weighted by Gasteiger charge is -2.13. The first-order valence-electron chi connectivity index (χ1n) is 17.4. The van der Waals surface area contributed by atoms with Crippen molar-refractivity contribution < 1.29 is 0 Å². The molecule has 0 N–H and O–H groups in total. The monoisotopic (exact) mass is 653 g/mol. The summed E-state index contributed by atoms with van der Waals surface area (Å²) in [7, 11) is 0. The maximum atomic E-state index is 5.05. The number of hydrogen-bond acceptors (Lipinski definition) is 2. The highest BCUT2D eigenvalue weighted by Gasteiger charge is 2.16. The smallest absolute Gasteiger partial charge is 0.160 e. The van der Waals surface area contributed by atoms with Crippen LogP contribution in [0.4, 0.5) is 0 Å². The Morgan fingerprint density at radius 1 is 0.373 bits per heavy atom. The van der Waals surface area contributed by atoms with Crippen LogP contribution in [0.5, 0.6) is 0 Å². The minimum absolute atomic E-state index is 0.705. The lowest BCUT2D eigenvalue weighted by Crippen LogP contribution is -1.97. The Kier molecular flexibility index (Phi) is 7.59. The molecule has 0 aliphatic heterocycles. The van der Waals surface area contributed by atoms with E-state index in [1.165, 1.54) is 55.2 Å². The van der Waals surface area contributed by atoms with Crippen LogP contribution in [0.1, 0.15) is 11.1 Å². The van der Waals surface area contributed by atoms with Crippen LogP contribution in [0.3, 0.4) is 0 Å². The van der Waals surface area contributed by atoms with Gasteiger partial charge < -0.3 is 4.57 Å². The highest BCUT2D eigenvalue weighted by Crippen LogP contribution is 2.37. The van der Waals surface area contributed by atoms with Gasteiger partial charge in [-0.3, -0.25) is 0 Å². The van der Waals surface area contributed by atoms with Crippen molar-refractivity contribution in [3.8, 4) is 61.8 Å². The number of para-hydroxylation sites is 1. The zero-order chi connectivity index (χ0) is 34.3. The van der Waals surface area contributed by atoms with E-state index < -0.39 is 0 Å². The molecular weight excluding hydrogens is 619 g/mol. The van der Waals surface area contributed by atoms with Crippen molar-refractivity contribution in [1.29, 1.82) is 0 Å². The van der Waals surface area contributed by atoms with E-state index in [9.17, 15) is 0 Å². The number of rotatable bonds is 6. The third kappa shape index (κ3) is 5.59. The summed E-state index contributed by atoms with van der Waals surface area (Å²) in [5, 5.41) is 2.47. The van der Waals surface area contributed by atoms with Crippen LogP contribution in [0, 0.1) is 13.8 Å². The van der Waals surface area contributed by atoms with E-state index in [2.05, 4.69) is 158 Å². The number of nitrogens with zero attached hydrogens (tertiary/aromatic N) is 3. The van der Waals surface area contributed by atoms with Gasteiger partial charge in [-0.2, -0.15) is 0 Å². The van der Waals surface area contributed by atoms with Gasteiger partial charge in [-0.1, -0.05) is 121 Å². The Morgan fingerprint density at radius 2 is 0.922 bits per heavy atom. The molecule has 9 rings (SSSR count). The fraction of sp³-hybridized carbons (Fsp3) is 0.0417. The lowest BCUT2D eigenvalue weighted by atomic mass is 9.92. The second-order valence-electron chi connectivity index (χ2n) is 13.2. The molecule has 0 fully saturated rings. The molecule has 0 atom stereocenters. The SMILES string of the molecule is Cc1ccccc1-c1cc(-c2ccc3c(c2)c2ccccc2n3-c2ccc(-c3nc(-c4ccccc4)cc(-c4ccccc4)n3)cc2)ccc1C. The first kappa shape index (κ1) is 30.5. The number of hydrogen-bond donors (Lipinski definition) is 0. The van der Waals surface area contributed by atoms with E-state index in [1.54, 1.807) is 0 Å². The predicted octanol–water partition coefficient (Wildman–Crippen LogP) is 12.5. The van der Waals surface area contributed by atoms with Crippen molar-refractivity contribution in [1.82, 2.24) is 14.5 Å². The quantitative estimate of drug-likeness (QED) is 0.179. The Bertz CT molecular complexity index is 2630. The topological polar surface area (TPSA) is 30.7 Å². The molecule has 3 nitrogen and oxygen atoms in total. The predicted molar refractivity (Wildman–Crippen MR) is 213 cm³/mol. The van der Waals surface area contributed by atoms with Crippen LogP contribution < -0.4 is 0 Å². The highest BCUT2D eigenvalue weighted by atomic mass is 15.0. The largest absolute Gasteiger partial charge is 0.309 e. The van der Waals surface area contributed by atoms with Crippen LogP contribution in [0.15, 0.2) is 176 Å². The van der Waals surface area contributed by atoms with Crippen LogP contribution in [-0.4, -0.2) is 14.5 Å². The fourth-order valence-corrected chi connectivity index (χ4v) is 7.25. The van der Waals surface area contributed by atoms with Gasteiger partial charge in [-0.25, -0.2) is 9.97 Å². The van der Waals surface area contributed by atoms with Crippen LogP contribution >= 0.6 is 0 Å². The summed E-state index contributed by atoms with van der Waals surface area (Å²) in [6.45, 7) is 4.38. The molecule has 9 aromatic rings. The molecule has 0 saturated heterocycles. The van der Waals surface area contributed by atoms with E-state index >= 15 is 0 Å². The van der Waals surface area contributed by atoms with E-state index in [1.807, 2.05) is 36.4 Å². The van der Waals surface area contributed by atoms with E-state index in [0.717, 1.165) is 33.8 Å². The van der Waals surface area contributed by atoms with Crippen molar-refractivity contribution in [2.24, 2.45) is 0 Å². The maximum absolute atomic E-state index is 5.05. The summed E-state index contributed by atoms with van der Waals surface area (Å²) in [6, 6.07) is 62.4. The van der Waals surface area contributed by atoms with E-state index in [-0.39, 0.29) is 0 Å². The summed E-state index contributed by atoms with van der Waals surface area (Å²) >= 11 is 0. The molecular formula is C48H35N3. The first-order chi connectivity index (χ1) is 25.1. The molecule has 0 spiro atoms. The lowest BCUT2D eigenvalue weighted by molar-refractivity contribution is 1.16. The molecule has 0 aliphatic carbocycles. The number of aromatic nitrogens is 3. The van der Waals surface area contributed by atoms with Gasteiger partial charge in [0.05, 0.1) is 22.4 Å². The second-order valence-corrected chi connectivity index (χ2v) is 13.2. The molecule has 7 aromatic carbocycles. The molecule has 0 unspecified atom stereocenters. The zero-order valence-electron chi connectivity index (χ0n) is 28.6. The van der Waals surface area contributed by atoms with Gasteiger partial charge in [0, 0.05) is 33.2 Å². The first-order valence-corrected chi connectivity index (χ1v) is 17.4. The van der Waals surface area contributed by atoms with Crippen molar-refractivity contribution in [3.63, 3.8) is 0 Å². The summed E-state index contributed by atoms with van der Waals surface area (Å²) in [5.41, 5.74) is 15.9. The standard InChI is InChI=1S/C48H35N3/c1-32-13-9-10-18-40(32)42-29-37(22-21-33(42)2)38-25-28-47-43(30-38)41-19-11-12-20-46(41)51(47)39-26-23-36(24-27-39)48-49-44(34-14-5-3-6-15-34)31-45(50-48)35-16-7-4-8-17-35/h3-31H,1-2H3. The van der Waals surface area contributed by atoms with Crippen molar-refractivity contribution in [2.45, 2.75) is 13.8 Å². The normalized spacial score (nSPS) is 11.3. The third-order valence-electron chi connectivity index (χ3n) is 9.93. The molecule has 0 radical (unpaired) electrons. The van der Waals surface area contributed by atoms with Gasteiger partial charge in [0.15, 0.2) is 5.82 Å². The summed E-state index contributed by atoms with van der Waals surface area (Å²) in [6.07, 6.45) is 0. The fourth-order valence-electron chi connectivity index (χ4n) is 7.25. The van der Waals surface area contributed by atoms with Gasteiger partial charge in [-0.05, 0) is 102 Å². The second kappa shape index (κ2) is 12.7. The van der Waals surface area contributed by atoms with Crippen LogP contribution in [0.25, 0.3) is 83.6 Å². The Hall–Kier alpha value is -6.58. The molecule has 51 heavy (non-hydrogen) atoms. The van der Waals surface area contributed by atoms with Crippen molar-refractivity contribution in [3.05, 3.63) is 187 Å². The number of aryl methyl sites for hydroxylation is 2. The van der Waals surface area contributed by atoms with Crippen molar-refractivity contribution in [2.75, 3.05) is 0 Å². The average molecular weight is 654 g/mol. The van der Waals surface area contributed by atoms with Gasteiger partial charge in [-0.15, -0.1) is 0 Å². The average Bonchev–Trinajstić information content (AvgIpc) is 3.53.